The first-order chi connectivity index (χ1) is 29.9. The molecule has 2 N–H and O–H groups in total. The van der Waals surface area contributed by atoms with Gasteiger partial charge in [-0.3, -0.25) is 14.5 Å². The molecule has 0 bridgehead atoms. The van der Waals surface area contributed by atoms with E-state index in [0.717, 1.165) is 32.1 Å². The van der Waals surface area contributed by atoms with Gasteiger partial charge in [-0.15, -0.1) is 0 Å². The molecule has 1 aliphatic heterocycles. The van der Waals surface area contributed by atoms with Gasteiger partial charge >= 0.3 is 17.9 Å². The number of nitrogens with one attached hydrogen (secondary N) is 1. The summed E-state index contributed by atoms with van der Waals surface area (Å²) >= 11 is 0. The summed E-state index contributed by atoms with van der Waals surface area (Å²) in [6.07, 6.45) is 13.7. The lowest BCUT2D eigenvalue weighted by Crippen LogP contribution is -2.69. The van der Waals surface area contributed by atoms with Crippen molar-refractivity contribution in [2.75, 3.05) is 58.1 Å². The lowest BCUT2D eigenvalue weighted by Gasteiger charge is -2.73. The molecule has 13 heteroatoms. The van der Waals surface area contributed by atoms with Crippen molar-refractivity contribution in [2.24, 2.45) is 73.9 Å². The number of carbonyl (C=O) groups is 3. The van der Waals surface area contributed by atoms with Gasteiger partial charge in [-0.2, -0.15) is 0 Å². The Kier molecular flexibility index (Phi) is 12.9. The zero-order chi connectivity index (χ0) is 46.5. The molecule has 0 radical (unpaired) electrons. The second-order valence-electron chi connectivity index (χ2n) is 24.8. The second kappa shape index (κ2) is 17.0. The third-order valence-corrected chi connectivity index (χ3v) is 23.0. The number of sulfone groups is 1. The molecule has 0 spiro atoms. The predicted molar refractivity (Wildman–Crippen MR) is 245 cm³/mol. The summed E-state index contributed by atoms with van der Waals surface area (Å²) in [6.45, 7) is 23.1. The van der Waals surface area contributed by atoms with E-state index >= 15 is 0 Å². The molecule has 64 heavy (non-hydrogen) atoms. The van der Waals surface area contributed by atoms with E-state index in [1.54, 1.807) is 7.11 Å². The third-order valence-electron chi connectivity index (χ3n) is 21.4. The standard InChI is InChI=1S/C51H84N2O10S/c1-32(62-41(54)31-61-26-25-60-10)37(53-23-27-64(58,59)28-24-53)30-52-51-18-13-33(47(6)19-20-47)42(51)34-11-12-39-48(7)16-15-40(63-44(57)36-29-35(43(55)56)45(36,2)3)46(4,5)38(48)14-17-50(39,9)49(34,8)21-22-51/h32-40,42,52H,11-31H2,1-10H3,(H,55,56)/t32-,33-,34-,35+,36-,37-,38+,39-,40+,42-,48+,49-,50-,51+/m1/s1. The molecule has 0 aromatic heterocycles. The van der Waals surface area contributed by atoms with Gasteiger partial charge in [0.15, 0.2) is 9.84 Å². The molecule has 0 unspecified atom stereocenters. The van der Waals surface area contributed by atoms with Crippen molar-refractivity contribution in [1.82, 2.24) is 10.2 Å². The van der Waals surface area contributed by atoms with E-state index in [4.69, 9.17) is 18.9 Å². The van der Waals surface area contributed by atoms with Crippen molar-refractivity contribution < 1.29 is 46.9 Å². The minimum Gasteiger partial charge on any atom is -0.481 e. The van der Waals surface area contributed by atoms with Gasteiger partial charge in [0, 0.05) is 37.7 Å². The summed E-state index contributed by atoms with van der Waals surface area (Å²) in [6, 6.07) is -0.166. The quantitative estimate of drug-likeness (QED) is 0.123. The minimum absolute atomic E-state index is 0.0265. The van der Waals surface area contributed by atoms with E-state index in [1.165, 1.54) is 44.9 Å². The van der Waals surface area contributed by atoms with Crippen LogP contribution >= 0.6 is 0 Å². The first-order valence-electron chi connectivity index (χ1n) is 25.3. The Morgan fingerprint density at radius 3 is 2.11 bits per heavy atom. The molecule has 7 aliphatic carbocycles. The van der Waals surface area contributed by atoms with Crippen LogP contribution in [-0.2, 0) is 43.2 Å². The van der Waals surface area contributed by atoms with Gasteiger partial charge in [0.05, 0.1) is 42.6 Å². The van der Waals surface area contributed by atoms with Crippen LogP contribution in [0.5, 0.6) is 0 Å². The SMILES string of the molecule is COCCOCC(=O)O[C@H](C)[C@@H](CN[C@]12CC[C@@H](C3(C)CC3)[C@@H]1[C@H]1CC[C@@H]3[C@@]4(C)CC[C@H](OC(=O)[C@H]5C[C@@H](C(=O)O)C5(C)C)C(C)(C)[C@@H]4CC[C@@]3(C)[C@]1(C)CC2)N1CCS(=O)(=O)CC1. The summed E-state index contributed by atoms with van der Waals surface area (Å²) in [4.78, 5) is 40.9. The number of ether oxygens (including phenoxy) is 4. The second-order valence-corrected chi connectivity index (χ2v) is 27.1. The first kappa shape index (κ1) is 48.6. The van der Waals surface area contributed by atoms with Crippen LogP contribution in [0.2, 0.25) is 0 Å². The predicted octanol–water partition coefficient (Wildman–Crippen LogP) is 7.56. The van der Waals surface area contributed by atoms with Gasteiger partial charge in [-0.25, -0.2) is 13.2 Å². The van der Waals surface area contributed by atoms with Crippen molar-refractivity contribution in [3.8, 4) is 0 Å². The Morgan fingerprint density at radius 1 is 0.766 bits per heavy atom. The topological polar surface area (TPSA) is 158 Å². The molecule has 1 saturated heterocycles. The number of hydrogen-bond acceptors (Lipinski definition) is 11. The van der Waals surface area contributed by atoms with E-state index in [-0.39, 0.29) is 69.3 Å². The summed E-state index contributed by atoms with van der Waals surface area (Å²) in [5, 5.41) is 14.0. The fourth-order valence-electron chi connectivity index (χ4n) is 17.0. The van der Waals surface area contributed by atoms with Crippen LogP contribution in [0.4, 0.5) is 0 Å². The van der Waals surface area contributed by atoms with E-state index in [2.05, 4.69) is 51.8 Å². The van der Waals surface area contributed by atoms with Gasteiger partial charge in [-0.05, 0) is 147 Å². The highest BCUT2D eigenvalue weighted by atomic mass is 32.2. The molecular formula is C51H84N2O10S. The average Bonchev–Trinajstić information content (AvgIpc) is 3.83. The third kappa shape index (κ3) is 8.02. The number of hydrogen-bond donors (Lipinski definition) is 2. The van der Waals surface area contributed by atoms with Gasteiger partial charge in [0.1, 0.15) is 18.8 Å². The molecule has 0 aromatic rings. The number of esters is 2. The molecule has 0 amide bonds. The Morgan fingerprint density at radius 2 is 1.47 bits per heavy atom. The monoisotopic (exact) mass is 917 g/mol. The normalized spacial score (nSPS) is 43.5. The summed E-state index contributed by atoms with van der Waals surface area (Å²) in [7, 11) is -1.50. The first-order valence-corrected chi connectivity index (χ1v) is 27.1. The molecule has 14 atom stereocenters. The van der Waals surface area contributed by atoms with Crippen LogP contribution in [0, 0.1) is 73.9 Å². The number of carbonyl (C=O) groups excluding carboxylic acids is 2. The van der Waals surface area contributed by atoms with Crippen LogP contribution in [-0.4, -0.2) is 118 Å². The van der Waals surface area contributed by atoms with Crippen LogP contribution in [0.3, 0.4) is 0 Å². The zero-order valence-electron chi connectivity index (χ0n) is 41.1. The lowest BCUT2D eigenvalue weighted by atomic mass is 9.32. The Labute approximate surface area is 385 Å². The molecule has 7 saturated carbocycles. The fourth-order valence-corrected chi connectivity index (χ4v) is 18.2. The summed E-state index contributed by atoms with van der Waals surface area (Å²) < 4.78 is 48.3. The van der Waals surface area contributed by atoms with Crippen molar-refractivity contribution in [3.63, 3.8) is 0 Å². The molecule has 8 fully saturated rings. The number of fused-ring (bicyclic) bond motifs is 7. The minimum atomic E-state index is -3.09. The average molecular weight is 917 g/mol. The van der Waals surface area contributed by atoms with Crippen molar-refractivity contribution >= 4 is 27.7 Å². The molecule has 12 nitrogen and oxygen atoms in total. The summed E-state index contributed by atoms with van der Waals surface area (Å²) in [5.74, 6) is 0.697. The number of nitrogens with zero attached hydrogens (tertiary/aromatic N) is 1. The van der Waals surface area contributed by atoms with Gasteiger partial charge in [0.25, 0.3) is 0 Å². The molecule has 8 rings (SSSR count). The van der Waals surface area contributed by atoms with Crippen LogP contribution in [0.1, 0.15) is 146 Å². The Hall–Kier alpha value is -1.80. The number of rotatable bonds is 15. The molecular weight excluding hydrogens is 833 g/mol. The Bertz CT molecular complexity index is 1890. The number of methoxy groups -OCH3 is 1. The zero-order valence-corrected chi connectivity index (χ0v) is 41.9. The maximum Gasteiger partial charge on any atom is 0.332 e. The number of carboxylic acid groups (broad SMARTS) is 1. The number of aliphatic carboxylic acids is 1. The fraction of sp³-hybridized carbons (Fsp3) is 0.941. The van der Waals surface area contributed by atoms with Gasteiger partial charge in [0.2, 0.25) is 0 Å². The van der Waals surface area contributed by atoms with Gasteiger partial charge < -0.3 is 29.4 Å². The largest absolute Gasteiger partial charge is 0.481 e. The highest BCUT2D eigenvalue weighted by Gasteiger charge is 2.72. The number of carboxylic acids is 1. The maximum absolute atomic E-state index is 13.7. The van der Waals surface area contributed by atoms with Crippen molar-refractivity contribution in [1.29, 1.82) is 0 Å². The van der Waals surface area contributed by atoms with Crippen LogP contribution in [0.15, 0.2) is 0 Å². The Balaban J connectivity index is 1.01. The smallest absolute Gasteiger partial charge is 0.332 e. The van der Waals surface area contributed by atoms with Crippen molar-refractivity contribution in [3.05, 3.63) is 0 Å². The molecule has 0 aromatic carbocycles. The lowest BCUT2D eigenvalue weighted by molar-refractivity contribution is -0.250. The molecule has 8 aliphatic rings. The van der Waals surface area contributed by atoms with E-state index < -0.39 is 39.2 Å². The molecule has 1 heterocycles. The van der Waals surface area contributed by atoms with E-state index in [9.17, 15) is 27.9 Å². The van der Waals surface area contributed by atoms with Crippen LogP contribution in [0.25, 0.3) is 0 Å². The van der Waals surface area contributed by atoms with E-state index in [0.29, 0.717) is 74.3 Å². The highest BCUT2D eigenvalue weighted by molar-refractivity contribution is 7.91. The van der Waals surface area contributed by atoms with Gasteiger partial charge in [-0.1, -0.05) is 55.4 Å². The summed E-state index contributed by atoms with van der Waals surface area (Å²) in [5.41, 5.74) is 0.0186. The maximum atomic E-state index is 13.7. The van der Waals surface area contributed by atoms with E-state index in [1.807, 2.05) is 20.8 Å². The van der Waals surface area contributed by atoms with Crippen LogP contribution < -0.4 is 5.32 Å². The highest BCUT2D eigenvalue weighted by Crippen LogP contribution is 2.78. The van der Waals surface area contributed by atoms with Crippen molar-refractivity contribution in [2.45, 2.75) is 170 Å². The molecule has 364 valence electrons.